The largest absolute Gasteiger partial charge is 0.355 e. The Bertz CT molecular complexity index is 662. The SMILES string of the molecule is CC1(CN)CCN(C(=O)CSCc2cc(-c3cccs3)on2)C1.Cl. The van der Waals surface area contributed by atoms with Gasteiger partial charge in [0.25, 0.3) is 0 Å². The lowest BCUT2D eigenvalue weighted by atomic mass is 9.90. The Morgan fingerprint density at radius 2 is 2.42 bits per heavy atom. The van der Waals surface area contributed by atoms with Crippen LogP contribution in [0, 0.1) is 5.41 Å². The van der Waals surface area contributed by atoms with Crippen LogP contribution in [-0.2, 0) is 10.5 Å². The van der Waals surface area contributed by atoms with Crippen molar-refractivity contribution in [1.82, 2.24) is 10.1 Å². The molecule has 0 saturated carbocycles. The Balaban J connectivity index is 0.00000208. The van der Waals surface area contributed by atoms with E-state index in [1.165, 1.54) is 0 Å². The van der Waals surface area contributed by atoms with Crippen molar-refractivity contribution in [3.63, 3.8) is 0 Å². The van der Waals surface area contributed by atoms with Gasteiger partial charge >= 0.3 is 0 Å². The molecule has 2 aromatic rings. The van der Waals surface area contributed by atoms with Crippen LogP contribution in [0.4, 0.5) is 0 Å². The number of thioether (sulfide) groups is 1. The van der Waals surface area contributed by atoms with Gasteiger partial charge in [0.1, 0.15) is 0 Å². The van der Waals surface area contributed by atoms with Gasteiger partial charge < -0.3 is 15.2 Å². The van der Waals surface area contributed by atoms with Crippen LogP contribution in [0.3, 0.4) is 0 Å². The fraction of sp³-hybridized carbons (Fsp3) is 0.500. The number of rotatable bonds is 6. The van der Waals surface area contributed by atoms with Crippen LogP contribution < -0.4 is 5.73 Å². The van der Waals surface area contributed by atoms with Crippen molar-refractivity contribution in [3.05, 3.63) is 29.3 Å². The van der Waals surface area contributed by atoms with E-state index in [1.54, 1.807) is 23.1 Å². The van der Waals surface area contributed by atoms with Gasteiger partial charge in [-0.25, -0.2) is 0 Å². The molecule has 3 rings (SSSR count). The fourth-order valence-corrected chi connectivity index (χ4v) is 4.13. The van der Waals surface area contributed by atoms with Crippen LogP contribution >= 0.6 is 35.5 Å². The Morgan fingerprint density at radius 3 is 3.08 bits per heavy atom. The average molecular weight is 388 g/mol. The Labute approximate surface area is 156 Å². The first-order valence-corrected chi connectivity index (χ1v) is 9.68. The number of halogens is 1. The van der Waals surface area contributed by atoms with Gasteiger partial charge in [0, 0.05) is 24.9 Å². The van der Waals surface area contributed by atoms with Gasteiger partial charge in [-0.1, -0.05) is 18.1 Å². The number of hydrogen-bond acceptors (Lipinski definition) is 6. The van der Waals surface area contributed by atoms with Crippen molar-refractivity contribution in [3.8, 4) is 10.6 Å². The maximum absolute atomic E-state index is 12.3. The van der Waals surface area contributed by atoms with Gasteiger partial charge in [-0.05, 0) is 29.8 Å². The summed E-state index contributed by atoms with van der Waals surface area (Å²) >= 11 is 3.20. The molecular weight excluding hydrogens is 366 g/mol. The smallest absolute Gasteiger partial charge is 0.232 e. The molecule has 1 unspecified atom stereocenters. The summed E-state index contributed by atoms with van der Waals surface area (Å²) in [6, 6.07) is 5.94. The maximum atomic E-state index is 12.3. The van der Waals surface area contributed by atoms with E-state index in [1.807, 2.05) is 28.5 Å². The second-order valence-corrected chi connectivity index (χ2v) is 8.17. The fourth-order valence-electron chi connectivity index (χ4n) is 2.65. The van der Waals surface area contributed by atoms with E-state index in [0.29, 0.717) is 18.1 Å². The number of hydrogen-bond donors (Lipinski definition) is 1. The topological polar surface area (TPSA) is 72.4 Å². The molecule has 3 heterocycles. The lowest BCUT2D eigenvalue weighted by Crippen LogP contribution is -2.35. The Kier molecular flexibility index (Phi) is 6.74. The van der Waals surface area contributed by atoms with Crippen molar-refractivity contribution >= 4 is 41.4 Å². The third kappa shape index (κ3) is 4.53. The highest BCUT2D eigenvalue weighted by Gasteiger charge is 2.34. The van der Waals surface area contributed by atoms with Gasteiger partial charge in [-0.2, -0.15) is 0 Å². The normalized spacial score (nSPS) is 20.2. The lowest BCUT2D eigenvalue weighted by Gasteiger charge is -2.22. The number of carbonyl (C=O) groups excluding carboxylic acids is 1. The second kappa shape index (κ2) is 8.38. The van der Waals surface area contributed by atoms with E-state index in [4.69, 9.17) is 10.3 Å². The predicted octanol–water partition coefficient (Wildman–Crippen LogP) is 3.26. The minimum absolute atomic E-state index is 0. The Hall–Kier alpha value is -1.02. The molecule has 1 aliphatic heterocycles. The first-order chi connectivity index (χ1) is 11.1. The number of amides is 1. The molecule has 1 amide bonds. The molecule has 24 heavy (non-hydrogen) atoms. The van der Waals surface area contributed by atoms with E-state index < -0.39 is 0 Å². The molecule has 8 heteroatoms. The second-order valence-electron chi connectivity index (χ2n) is 6.23. The molecule has 2 N–H and O–H groups in total. The monoisotopic (exact) mass is 387 g/mol. The molecule has 1 fully saturated rings. The van der Waals surface area contributed by atoms with Crippen LogP contribution in [0.15, 0.2) is 28.1 Å². The molecule has 1 saturated heterocycles. The number of aromatic nitrogens is 1. The molecule has 5 nitrogen and oxygen atoms in total. The number of likely N-dealkylation sites (tertiary alicyclic amines) is 1. The highest BCUT2D eigenvalue weighted by molar-refractivity contribution is 7.99. The van der Waals surface area contributed by atoms with Crippen LogP contribution in [0.5, 0.6) is 0 Å². The summed E-state index contributed by atoms with van der Waals surface area (Å²) in [6.45, 7) is 4.37. The van der Waals surface area contributed by atoms with E-state index in [2.05, 4.69) is 12.1 Å². The van der Waals surface area contributed by atoms with Crippen LogP contribution in [0.2, 0.25) is 0 Å². The highest BCUT2D eigenvalue weighted by Crippen LogP contribution is 2.29. The van der Waals surface area contributed by atoms with Crippen molar-refractivity contribution < 1.29 is 9.32 Å². The van der Waals surface area contributed by atoms with Crippen LogP contribution in [-0.4, -0.2) is 41.4 Å². The lowest BCUT2D eigenvalue weighted by molar-refractivity contribution is -0.127. The first kappa shape index (κ1) is 19.3. The molecular formula is C16H22ClN3O2S2. The van der Waals surface area contributed by atoms with E-state index in [9.17, 15) is 4.79 Å². The van der Waals surface area contributed by atoms with Crippen molar-refractivity contribution in [2.45, 2.75) is 19.1 Å². The molecule has 0 bridgehead atoms. The minimum atomic E-state index is 0. The van der Waals surface area contributed by atoms with Crippen LogP contribution in [0.25, 0.3) is 10.6 Å². The molecule has 1 aliphatic rings. The number of nitrogens with two attached hydrogens (primary N) is 1. The van der Waals surface area contributed by atoms with Gasteiger partial charge in [0.05, 0.1) is 16.3 Å². The average Bonchev–Trinajstić information content (AvgIpc) is 3.27. The third-order valence-electron chi connectivity index (χ3n) is 4.20. The minimum Gasteiger partial charge on any atom is -0.355 e. The number of nitrogens with zero attached hydrogens (tertiary/aromatic N) is 2. The third-order valence-corrected chi connectivity index (χ3v) is 6.04. The molecule has 2 aromatic heterocycles. The van der Waals surface area contributed by atoms with E-state index in [-0.39, 0.29) is 23.7 Å². The van der Waals surface area contributed by atoms with Crippen molar-refractivity contribution in [2.75, 3.05) is 25.4 Å². The summed E-state index contributed by atoms with van der Waals surface area (Å²) in [5, 5.41) is 6.08. The van der Waals surface area contributed by atoms with Crippen LogP contribution in [0.1, 0.15) is 19.0 Å². The van der Waals surface area contributed by atoms with E-state index >= 15 is 0 Å². The zero-order chi connectivity index (χ0) is 16.3. The number of carbonyl (C=O) groups is 1. The van der Waals surface area contributed by atoms with Gasteiger partial charge in [-0.15, -0.1) is 35.5 Å². The van der Waals surface area contributed by atoms with Gasteiger partial charge in [-0.3, -0.25) is 4.79 Å². The summed E-state index contributed by atoms with van der Waals surface area (Å²) in [5.74, 6) is 2.14. The van der Waals surface area contributed by atoms with Gasteiger partial charge in [0.15, 0.2) is 5.76 Å². The molecule has 0 radical (unpaired) electrons. The molecule has 0 aliphatic carbocycles. The summed E-state index contributed by atoms with van der Waals surface area (Å²) < 4.78 is 5.35. The molecule has 0 spiro atoms. The number of thiophene rings is 1. The highest BCUT2D eigenvalue weighted by atomic mass is 35.5. The standard InChI is InChI=1S/C16H21N3O2S2.ClH/c1-16(10-17)4-5-19(11-16)15(20)9-22-8-12-7-13(21-18-12)14-3-2-6-23-14;/h2-3,6-7H,4-5,8-11,17H2,1H3;1H. The summed E-state index contributed by atoms with van der Waals surface area (Å²) in [7, 11) is 0. The molecule has 1 atom stereocenters. The predicted molar refractivity (Wildman–Crippen MR) is 102 cm³/mol. The Morgan fingerprint density at radius 1 is 1.58 bits per heavy atom. The quantitative estimate of drug-likeness (QED) is 0.823. The van der Waals surface area contributed by atoms with Crippen molar-refractivity contribution in [2.24, 2.45) is 11.1 Å². The summed E-state index contributed by atoms with van der Waals surface area (Å²) in [5.41, 5.74) is 6.75. The van der Waals surface area contributed by atoms with Crippen molar-refractivity contribution in [1.29, 1.82) is 0 Å². The van der Waals surface area contributed by atoms with E-state index in [0.717, 1.165) is 35.8 Å². The molecule has 0 aromatic carbocycles. The summed E-state index contributed by atoms with van der Waals surface area (Å²) in [4.78, 5) is 15.3. The first-order valence-electron chi connectivity index (χ1n) is 7.65. The van der Waals surface area contributed by atoms with Gasteiger partial charge in [0.2, 0.25) is 5.91 Å². The zero-order valence-corrected chi connectivity index (χ0v) is 16.0. The summed E-state index contributed by atoms with van der Waals surface area (Å²) in [6.07, 6.45) is 0.993. The zero-order valence-electron chi connectivity index (χ0n) is 13.6. The molecule has 132 valence electrons. The maximum Gasteiger partial charge on any atom is 0.232 e.